The van der Waals surface area contributed by atoms with Crippen molar-refractivity contribution in [3.63, 3.8) is 0 Å². The number of allylic oxidation sites excluding steroid dienone is 1. The second-order valence-electron chi connectivity index (χ2n) is 5.36. The first kappa shape index (κ1) is 18.7. The van der Waals surface area contributed by atoms with Crippen molar-refractivity contribution < 1.29 is 19.8 Å². The fourth-order valence-corrected chi connectivity index (χ4v) is 2.24. The summed E-state index contributed by atoms with van der Waals surface area (Å²) < 4.78 is 0. The van der Waals surface area contributed by atoms with Gasteiger partial charge in [0.1, 0.15) is 0 Å². The third-order valence-corrected chi connectivity index (χ3v) is 3.51. The van der Waals surface area contributed by atoms with E-state index in [0.29, 0.717) is 12.0 Å². The maximum Gasteiger partial charge on any atom is 0.332 e. The first-order chi connectivity index (χ1) is 9.49. The van der Waals surface area contributed by atoms with Crippen LogP contribution in [0.3, 0.4) is 0 Å². The zero-order valence-corrected chi connectivity index (χ0v) is 12.8. The molecule has 0 aromatic heterocycles. The first-order valence-corrected chi connectivity index (χ1v) is 7.62. The molecule has 0 aliphatic heterocycles. The summed E-state index contributed by atoms with van der Waals surface area (Å²) in [5.41, 5.74) is 0.742. The Morgan fingerprint density at radius 1 is 0.850 bits per heavy atom. The minimum Gasteiger partial charge on any atom is -0.481 e. The fourth-order valence-electron chi connectivity index (χ4n) is 2.24. The second-order valence-corrected chi connectivity index (χ2v) is 5.36. The molecule has 0 bridgehead atoms. The van der Waals surface area contributed by atoms with Gasteiger partial charge in [-0.1, -0.05) is 57.4 Å². The van der Waals surface area contributed by atoms with Crippen LogP contribution in [-0.2, 0) is 9.59 Å². The van der Waals surface area contributed by atoms with Crippen molar-refractivity contribution in [1.82, 2.24) is 0 Å². The molecule has 0 fully saturated rings. The number of carboxylic acid groups (broad SMARTS) is 2. The van der Waals surface area contributed by atoms with E-state index >= 15 is 0 Å². The highest BCUT2D eigenvalue weighted by molar-refractivity contribution is 5.92. The summed E-state index contributed by atoms with van der Waals surface area (Å²) in [4.78, 5) is 21.6. The molecule has 0 unspecified atom stereocenters. The fraction of sp³-hybridized carbons (Fsp3) is 0.750. The van der Waals surface area contributed by atoms with E-state index in [-0.39, 0.29) is 5.57 Å². The number of rotatable bonds is 12. The van der Waals surface area contributed by atoms with Crippen LogP contribution in [0, 0.1) is 0 Å². The van der Waals surface area contributed by atoms with E-state index in [4.69, 9.17) is 10.2 Å². The van der Waals surface area contributed by atoms with Crippen molar-refractivity contribution in [2.75, 3.05) is 0 Å². The van der Waals surface area contributed by atoms with Crippen LogP contribution in [-0.4, -0.2) is 22.2 Å². The molecule has 0 atom stereocenters. The van der Waals surface area contributed by atoms with Gasteiger partial charge in [-0.2, -0.15) is 0 Å². The first-order valence-electron chi connectivity index (χ1n) is 7.62. The van der Waals surface area contributed by atoms with Crippen LogP contribution in [0.5, 0.6) is 0 Å². The molecule has 0 radical (unpaired) electrons. The van der Waals surface area contributed by atoms with Gasteiger partial charge in [0.2, 0.25) is 0 Å². The number of carboxylic acids is 2. The van der Waals surface area contributed by atoms with Crippen molar-refractivity contribution in [3.05, 3.63) is 11.1 Å². The average molecular weight is 284 g/mol. The summed E-state index contributed by atoms with van der Waals surface area (Å²) in [6.07, 6.45) is 9.88. The van der Waals surface area contributed by atoms with Crippen LogP contribution in [0.25, 0.3) is 0 Å². The van der Waals surface area contributed by atoms with E-state index in [1.165, 1.54) is 38.5 Å². The summed E-state index contributed by atoms with van der Waals surface area (Å²) in [6, 6.07) is 0. The summed E-state index contributed by atoms with van der Waals surface area (Å²) >= 11 is 0. The summed E-state index contributed by atoms with van der Waals surface area (Å²) in [6.45, 7) is 3.93. The van der Waals surface area contributed by atoms with Crippen molar-refractivity contribution in [3.8, 4) is 0 Å². The Morgan fingerprint density at radius 2 is 1.35 bits per heavy atom. The van der Waals surface area contributed by atoms with Gasteiger partial charge in [0, 0.05) is 5.57 Å². The molecule has 0 aromatic rings. The number of hydrogen-bond acceptors (Lipinski definition) is 2. The lowest BCUT2D eigenvalue weighted by Gasteiger charge is -2.07. The van der Waals surface area contributed by atoms with Gasteiger partial charge in [0.25, 0.3) is 0 Å². The standard InChI is InChI=1S/C16H28O4/c1-3-4-5-6-7-8-9-10-11-13(2)14(16(19)20)12-15(17)18/h3-12H2,1-2H3,(H,17,18)(H,19,20). The van der Waals surface area contributed by atoms with Gasteiger partial charge in [-0.25, -0.2) is 4.79 Å². The quantitative estimate of drug-likeness (QED) is 0.411. The highest BCUT2D eigenvalue weighted by Crippen LogP contribution is 2.17. The average Bonchev–Trinajstić information content (AvgIpc) is 2.38. The molecule has 0 aliphatic carbocycles. The van der Waals surface area contributed by atoms with Gasteiger partial charge in [0.05, 0.1) is 6.42 Å². The van der Waals surface area contributed by atoms with Crippen LogP contribution in [0.4, 0.5) is 0 Å². The minimum absolute atomic E-state index is 0.0421. The number of aliphatic carboxylic acids is 2. The lowest BCUT2D eigenvalue weighted by atomic mass is 10.00. The van der Waals surface area contributed by atoms with Crippen LogP contribution < -0.4 is 0 Å². The molecule has 0 aromatic carbocycles. The van der Waals surface area contributed by atoms with Gasteiger partial charge >= 0.3 is 11.9 Å². The molecule has 2 N–H and O–H groups in total. The Balaban J connectivity index is 3.91. The van der Waals surface area contributed by atoms with Gasteiger partial charge in [-0.3, -0.25) is 4.79 Å². The highest BCUT2D eigenvalue weighted by Gasteiger charge is 2.14. The Morgan fingerprint density at radius 3 is 1.80 bits per heavy atom. The monoisotopic (exact) mass is 284 g/mol. The highest BCUT2D eigenvalue weighted by atomic mass is 16.4. The Labute approximate surface area is 121 Å². The maximum absolute atomic E-state index is 11.0. The van der Waals surface area contributed by atoms with Crippen molar-refractivity contribution in [1.29, 1.82) is 0 Å². The molecule has 4 nitrogen and oxygen atoms in total. The Kier molecular flexibility index (Phi) is 10.7. The summed E-state index contributed by atoms with van der Waals surface area (Å²) in [5.74, 6) is -2.19. The molecule has 0 amide bonds. The zero-order chi connectivity index (χ0) is 15.4. The van der Waals surface area contributed by atoms with Crippen molar-refractivity contribution >= 4 is 11.9 Å². The molecule has 116 valence electrons. The van der Waals surface area contributed by atoms with E-state index in [1.54, 1.807) is 6.92 Å². The predicted molar refractivity (Wildman–Crippen MR) is 79.8 cm³/mol. The van der Waals surface area contributed by atoms with Gasteiger partial charge < -0.3 is 10.2 Å². The molecular weight excluding hydrogens is 256 g/mol. The Bertz CT molecular complexity index is 331. The summed E-state index contributed by atoms with van der Waals surface area (Å²) in [5, 5.41) is 17.7. The van der Waals surface area contributed by atoms with Crippen LogP contribution >= 0.6 is 0 Å². The van der Waals surface area contributed by atoms with Gasteiger partial charge in [-0.05, 0) is 19.8 Å². The molecule has 0 aliphatic rings. The second kappa shape index (κ2) is 11.5. The van der Waals surface area contributed by atoms with E-state index in [9.17, 15) is 9.59 Å². The number of hydrogen-bond donors (Lipinski definition) is 2. The lowest BCUT2D eigenvalue weighted by Crippen LogP contribution is -2.09. The molecule has 4 heteroatoms. The van der Waals surface area contributed by atoms with E-state index in [1.807, 2.05) is 0 Å². The third-order valence-electron chi connectivity index (χ3n) is 3.51. The zero-order valence-electron chi connectivity index (χ0n) is 12.8. The topological polar surface area (TPSA) is 74.6 Å². The minimum atomic E-state index is -1.11. The van der Waals surface area contributed by atoms with E-state index in [2.05, 4.69) is 6.92 Å². The molecule has 0 saturated carbocycles. The van der Waals surface area contributed by atoms with E-state index in [0.717, 1.165) is 12.8 Å². The third kappa shape index (κ3) is 9.59. The number of carbonyl (C=O) groups is 2. The molecule has 20 heavy (non-hydrogen) atoms. The molecule has 0 spiro atoms. The van der Waals surface area contributed by atoms with Gasteiger partial charge in [0.15, 0.2) is 0 Å². The normalized spacial score (nSPS) is 12.1. The number of unbranched alkanes of at least 4 members (excludes halogenated alkanes) is 7. The van der Waals surface area contributed by atoms with Crippen LogP contribution in [0.2, 0.25) is 0 Å². The van der Waals surface area contributed by atoms with Crippen LogP contribution in [0.1, 0.15) is 78.1 Å². The van der Waals surface area contributed by atoms with E-state index < -0.39 is 18.4 Å². The molecule has 0 heterocycles. The molecule has 0 saturated heterocycles. The van der Waals surface area contributed by atoms with Gasteiger partial charge in [-0.15, -0.1) is 0 Å². The van der Waals surface area contributed by atoms with Crippen LogP contribution in [0.15, 0.2) is 11.1 Å². The molecular formula is C16H28O4. The van der Waals surface area contributed by atoms with Crippen molar-refractivity contribution in [2.45, 2.75) is 78.1 Å². The summed E-state index contributed by atoms with van der Waals surface area (Å²) in [7, 11) is 0. The SMILES string of the molecule is CCCCCCCCCCC(C)=C(CC(=O)O)C(=O)O. The largest absolute Gasteiger partial charge is 0.481 e. The molecule has 0 rings (SSSR count). The smallest absolute Gasteiger partial charge is 0.332 e. The lowest BCUT2D eigenvalue weighted by molar-refractivity contribution is -0.139. The predicted octanol–water partition coefficient (Wildman–Crippen LogP) is 4.39. The Hall–Kier alpha value is -1.32. The van der Waals surface area contributed by atoms with Crippen molar-refractivity contribution in [2.24, 2.45) is 0 Å². The maximum atomic E-state index is 11.0.